The summed E-state index contributed by atoms with van der Waals surface area (Å²) in [7, 11) is 1.85. The normalized spacial score (nSPS) is 17.8. The summed E-state index contributed by atoms with van der Waals surface area (Å²) in [5.41, 5.74) is 1.32. The van der Waals surface area contributed by atoms with Crippen LogP contribution in [0, 0.1) is 0 Å². The van der Waals surface area contributed by atoms with Crippen LogP contribution in [0.4, 0.5) is 0 Å². The Bertz CT molecular complexity index is 383. The van der Waals surface area contributed by atoms with E-state index in [4.69, 9.17) is 4.74 Å². The molecule has 0 spiro atoms. The lowest BCUT2D eigenvalue weighted by molar-refractivity contribution is 0.0263. The minimum absolute atomic E-state index is 0.427. The van der Waals surface area contributed by atoms with Crippen LogP contribution >= 0.6 is 11.3 Å². The monoisotopic (exact) mass is 281 g/mol. The van der Waals surface area contributed by atoms with Gasteiger partial charge in [-0.25, -0.2) is 0 Å². The molecule has 1 fully saturated rings. The molecule has 0 aliphatic carbocycles. The number of hydrogen-bond donors (Lipinski definition) is 1. The third-order valence-electron chi connectivity index (χ3n) is 3.39. The molecule has 2 heterocycles. The maximum absolute atomic E-state index is 5.68. The second-order valence-electron chi connectivity index (χ2n) is 4.67. The minimum Gasteiger partial charge on any atom is -0.378 e. The summed E-state index contributed by atoms with van der Waals surface area (Å²) in [5, 5.41) is 7.70. The van der Waals surface area contributed by atoms with E-state index in [9.17, 15) is 0 Å². The first-order valence-electron chi connectivity index (χ1n) is 6.91. The second kappa shape index (κ2) is 7.50. The van der Waals surface area contributed by atoms with Gasteiger partial charge in [0.15, 0.2) is 5.96 Å². The molecular weight excluding hydrogens is 258 g/mol. The summed E-state index contributed by atoms with van der Waals surface area (Å²) in [4.78, 5) is 6.70. The van der Waals surface area contributed by atoms with Gasteiger partial charge in [0.25, 0.3) is 0 Å². The van der Waals surface area contributed by atoms with Gasteiger partial charge in [0.05, 0.1) is 6.10 Å². The molecule has 1 N–H and O–H groups in total. The fourth-order valence-electron chi connectivity index (χ4n) is 2.38. The van der Waals surface area contributed by atoms with Crippen molar-refractivity contribution in [3.63, 3.8) is 0 Å². The number of ether oxygens (including phenoxy) is 1. The predicted molar refractivity (Wildman–Crippen MR) is 80.7 cm³/mol. The summed E-state index contributed by atoms with van der Waals surface area (Å²) in [6.07, 6.45) is 2.61. The Hall–Kier alpha value is -1.07. The summed E-state index contributed by atoms with van der Waals surface area (Å²) < 4.78 is 5.68. The van der Waals surface area contributed by atoms with E-state index in [2.05, 4.69) is 39.0 Å². The van der Waals surface area contributed by atoms with Gasteiger partial charge >= 0.3 is 0 Å². The number of piperidine rings is 1. The maximum atomic E-state index is 5.68. The molecule has 1 aliphatic rings. The average molecular weight is 281 g/mol. The molecule has 2 rings (SSSR count). The van der Waals surface area contributed by atoms with E-state index in [1.807, 2.05) is 7.05 Å². The van der Waals surface area contributed by atoms with Gasteiger partial charge in [0.1, 0.15) is 0 Å². The van der Waals surface area contributed by atoms with E-state index < -0.39 is 0 Å². The van der Waals surface area contributed by atoms with Crippen molar-refractivity contribution in [1.29, 1.82) is 0 Å². The lowest BCUT2D eigenvalue weighted by Crippen LogP contribution is -2.46. The van der Waals surface area contributed by atoms with Crippen LogP contribution in [-0.4, -0.2) is 43.7 Å². The van der Waals surface area contributed by atoms with Crippen LogP contribution < -0.4 is 5.32 Å². The van der Waals surface area contributed by atoms with Crippen LogP contribution in [0.1, 0.15) is 25.3 Å². The van der Waals surface area contributed by atoms with Gasteiger partial charge < -0.3 is 15.0 Å². The highest BCUT2D eigenvalue weighted by Crippen LogP contribution is 2.14. The summed E-state index contributed by atoms with van der Waals surface area (Å²) in [6.45, 7) is 5.77. The second-order valence-corrected chi connectivity index (χ2v) is 5.45. The molecule has 1 aliphatic heterocycles. The average Bonchev–Trinajstić information content (AvgIpc) is 2.95. The van der Waals surface area contributed by atoms with Crippen molar-refractivity contribution in [1.82, 2.24) is 10.2 Å². The van der Waals surface area contributed by atoms with Crippen LogP contribution in [0.15, 0.2) is 21.8 Å². The zero-order valence-corrected chi connectivity index (χ0v) is 12.6. The molecule has 4 nitrogen and oxygen atoms in total. The Balaban J connectivity index is 1.79. The lowest BCUT2D eigenvalue weighted by Gasteiger charge is -2.34. The van der Waals surface area contributed by atoms with Crippen molar-refractivity contribution in [2.24, 2.45) is 4.99 Å². The highest BCUT2D eigenvalue weighted by atomic mass is 32.1. The Morgan fingerprint density at radius 1 is 1.53 bits per heavy atom. The molecule has 5 heteroatoms. The third kappa shape index (κ3) is 4.21. The number of nitrogens with one attached hydrogen (secondary N) is 1. The molecule has 0 aromatic carbocycles. The number of guanidine groups is 1. The van der Waals surface area contributed by atoms with Crippen LogP contribution in [0.25, 0.3) is 0 Å². The van der Waals surface area contributed by atoms with Gasteiger partial charge in [-0.3, -0.25) is 4.99 Å². The first kappa shape index (κ1) is 14.3. The van der Waals surface area contributed by atoms with Crippen LogP contribution in [0.3, 0.4) is 0 Å². The quantitative estimate of drug-likeness (QED) is 0.680. The standard InChI is InChI=1S/C14H23N3OS/c1-3-18-13-4-7-17(8-5-13)14(15-2)16-10-12-6-9-19-11-12/h6,9,11,13H,3-5,7-8,10H2,1-2H3,(H,15,16). The Kier molecular flexibility index (Phi) is 5.66. The molecule has 0 bridgehead atoms. The third-order valence-corrected chi connectivity index (χ3v) is 4.12. The van der Waals surface area contributed by atoms with E-state index in [0.29, 0.717) is 6.10 Å². The topological polar surface area (TPSA) is 36.9 Å². The van der Waals surface area contributed by atoms with Crippen LogP contribution in [0.2, 0.25) is 0 Å². The highest BCUT2D eigenvalue weighted by Gasteiger charge is 2.21. The molecule has 1 aromatic heterocycles. The zero-order chi connectivity index (χ0) is 13.5. The van der Waals surface area contributed by atoms with Gasteiger partial charge in [0.2, 0.25) is 0 Å². The first-order chi connectivity index (χ1) is 9.33. The summed E-state index contributed by atoms with van der Waals surface area (Å²) in [5.74, 6) is 1.00. The molecule has 106 valence electrons. The molecular formula is C14H23N3OS. The van der Waals surface area contributed by atoms with Crippen molar-refractivity contribution in [2.45, 2.75) is 32.4 Å². The summed E-state index contributed by atoms with van der Waals surface area (Å²) >= 11 is 1.73. The molecule has 0 unspecified atom stereocenters. The minimum atomic E-state index is 0.427. The predicted octanol–water partition coefficient (Wildman–Crippen LogP) is 2.32. The largest absolute Gasteiger partial charge is 0.378 e. The SMILES string of the molecule is CCOC1CCN(C(=NC)NCc2ccsc2)CC1. The fourth-order valence-corrected chi connectivity index (χ4v) is 3.05. The van der Waals surface area contributed by atoms with Crippen LogP contribution in [-0.2, 0) is 11.3 Å². The molecule has 0 saturated carbocycles. The molecule has 0 atom stereocenters. The van der Waals surface area contributed by atoms with Gasteiger partial charge in [0, 0.05) is 33.3 Å². The molecule has 1 saturated heterocycles. The van der Waals surface area contributed by atoms with E-state index in [-0.39, 0.29) is 0 Å². The number of nitrogens with zero attached hydrogens (tertiary/aromatic N) is 2. The number of aliphatic imine (C=N–C) groups is 1. The maximum Gasteiger partial charge on any atom is 0.193 e. The first-order valence-corrected chi connectivity index (χ1v) is 7.86. The molecule has 1 aromatic rings. The molecule has 0 radical (unpaired) electrons. The Morgan fingerprint density at radius 2 is 2.32 bits per heavy atom. The molecule has 0 amide bonds. The zero-order valence-electron chi connectivity index (χ0n) is 11.8. The van der Waals surface area contributed by atoms with Gasteiger partial charge in [-0.15, -0.1) is 0 Å². The van der Waals surface area contributed by atoms with Gasteiger partial charge in [-0.05, 0) is 42.2 Å². The van der Waals surface area contributed by atoms with Crippen molar-refractivity contribution in [3.05, 3.63) is 22.4 Å². The number of hydrogen-bond acceptors (Lipinski definition) is 3. The van der Waals surface area contributed by atoms with Crippen molar-refractivity contribution in [3.8, 4) is 0 Å². The van der Waals surface area contributed by atoms with Gasteiger partial charge in [-0.2, -0.15) is 11.3 Å². The Morgan fingerprint density at radius 3 is 2.89 bits per heavy atom. The van der Waals surface area contributed by atoms with Crippen molar-refractivity contribution >= 4 is 17.3 Å². The van der Waals surface area contributed by atoms with Crippen molar-refractivity contribution < 1.29 is 4.74 Å². The lowest BCUT2D eigenvalue weighted by atomic mass is 10.1. The van der Waals surface area contributed by atoms with Crippen molar-refractivity contribution in [2.75, 3.05) is 26.7 Å². The number of thiophene rings is 1. The molecule has 19 heavy (non-hydrogen) atoms. The smallest absolute Gasteiger partial charge is 0.193 e. The number of rotatable bonds is 4. The fraction of sp³-hybridized carbons (Fsp3) is 0.643. The van der Waals surface area contributed by atoms with E-state index in [0.717, 1.165) is 45.0 Å². The van der Waals surface area contributed by atoms with Crippen LogP contribution in [0.5, 0.6) is 0 Å². The van der Waals surface area contributed by atoms with E-state index in [1.165, 1.54) is 5.56 Å². The Labute approximate surface area is 119 Å². The number of likely N-dealkylation sites (tertiary alicyclic amines) is 1. The van der Waals surface area contributed by atoms with Gasteiger partial charge in [-0.1, -0.05) is 0 Å². The summed E-state index contributed by atoms with van der Waals surface area (Å²) in [6, 6.07) is 2.15. The van der Waals surface area contributed by atoms with E-state index in [1.54, 1.807) is 11.3 Å². The van der Waals surface area contributed by atoms with E-state index >= 15 is 0 Å². The highest BCUT2D eigenvalue weighted by molar-refractivity contribution is 7.07.